The Morgan fingerprint density at radius 1 is 0.475 bits per heavy atom. The van der Waals surface area contributed by atoms with Crippen LogP contribution in [0.5, 0.6) is 5.75 Å². The molecule has 9 nitrogen and oxygen atoms in total. The number of nitrogens with one attached hydrogen (secondary N) is 1. The summed E-state index contributed by atoms with van der Waals surface area (Å²) in [6, 6.07) is 8.45. The third-order valence-electron chi connectivity index (χ3n) is 5.97. The first-order valence-electron chi connectivity index (χ1n) is 15.3. The molecule has 0 aliphatic rings. The fourth-order valence-corrected chi connectivity index (χ4v) is 3.68. The highest BCUT2D eigenvalue weighted by Crippen LogP contribution is 2.15. The molecule has 0 aliphatic heterocycles. The van der Waals surface area contributed by atoms with E-state index in [1.807, 2.05) is 7.05 Å². The molecule has 0 aromatic heterocycles. The van der Waals surface area contributed by atoms with Gasteiger partial charge in [0.1, 0.15) is 12.4 Å². The number of benzene rings is 1. The fraction of sp³-hybridized carbons (Fsp3) is 0.806. The molecule has 0 saturated heterocycles. The molecule has 0 saturated carbocycles. The first-order valence-corrected chi connectivity index (χ1v) is 15.3. The van der Waals surface area contributed by atoms with Crippen molar-refractivity contribution in [2.75, 3.05) is 113 Å². The molecular weight excluding hydrogens is 514 g/mol. The quantitative estimate of drug-likeness (QED) is 0.127. The van der Waals surface area contributed by atoms with E-state index in [4.69, 9.17) is 37.9 Å². The van der Waals surface area contributed by atoms with Crippen molar-refractivity contribution in [1.29, 1.82) is 0 Å². The zero-order chi connectivity index (χ0) is 28.6. The summed E-state index contributed by atoms with van der Waals surface area (Å²) in [6.45, 7) is 11.5. The molecule has 40 heavy (non-hydrogen) atoms. The average molecular weight is 572 g/mol. The van der Waals surface area contributed by atoms with Crippen LogP contribution >= 0.6 is 0 Å². The van der Waals surface area contributed by atoms with Crippen molar-refractivity contribution in [2.24, 2.45) is 0 Å². The second-order valence-corrected chi connectivity index (χ2v) is 9.40. The van der Waals surface area contributed by atoms with Gasteiger partial charge in [0.15, 0.2) is 0 Å². The fourth-order valence-electron chi connectivity index (χ4n) is 3.68. The third-order valence-corrected chi connectivity index (χ3v) is 5.97. The summed E-state index contributed by atoms with van der Waals surface area (Å²) in [5.41, 5.74) is 1.38. The lowest BCUT2D eigenvalue weighted by Crippen LogP contribution is -2.17. The summed E-state index contributed by atoms with van der Waals surface area (Å²) in [6.07, 6.45) is 9.13. The Bertz CT molecular complexity index is 620. The zero-order valence-electron chi connectivity index (χ0n) is 25.3. The molecule has 1 aromatic rings. The van der Waals surface area contributed by atoms with Crippen LogP contribution in [-0.2, 0) is 39.6 Å². The maximum atomic E-state index is 5.76. The first-order chi connectivity index (χ1) is 19.9. The van der Waals surface area contributed by atoms with Crippen LogP contribution in [0, 0.1) is 0 Å². The van der Waals surface area contributed by atoms with Gasteiger partial charge in [-0.1, -0.05) is 51.2 Å². The van der Waals surface area contributed by atoms with E-state index in [0.29, 0.717) is 99.1 Å². The predicted octanol–water partition coefficient (Wildman–Crippen LogP) is 4.30. The lowest BCUT2D eigenvalue weighted by molar-refractivity contribution is -0.0211. The van der Waals surface area contributed by atoms with Crippen molar-refractivity contribution >= 4 is 0 Å². The van der Waals surface area contributed by atoms with Crippen molar-refractivity contribution < 1.29 is 37.9 Å². The van der Waals surface area contributed by atoms with Crippen LogP contribution in [0.25, 0.3) is 0 Å². The van der Waals surface area contributed by atoms with E-state index < -0.39 is 0 Å². The average Bonchev–Trinajstić information content (AvgIpc) is 2.98. The van der Waals surface area contributed by atoms with Crippen LogP contribution in [-0.4, -0.2) is 113 Å². The molecule has 0 fully saturated rings. The topological polar surface area (TPSA) is 85.9 Å². The normalized spacial score (nSPS) is 11.3. The molecule has 0 radical (unpaired) electrons. The molecule has 9 heteroatoms. The number of unbranched alkanes of at least 4 members (excludes halogenated alkanes) is 5. The highest BCUT2D eigenvalue weighted by molar-refractivity contribution is 5.27. The summed E-state index contributed by atoms with van der Waals surface area (Å²) in [5.74, 6) is 0.892. The number of hydrogen-bond donors (Lipinski definition) is 1. The maximum Gasteiger partial charge on any atom is 0.119 e. The molecule has 0 aliphatic carbocycles. The van der Waals surface area contributed by atoms with Crippen molar-refractivity contribution in [3.63, 3.8) is 0 Å². The van der Waals surface area contributed by atoms with Gasteiger partial charge in [-0.3, -0.25) is 0 Å². The first kappa shape index (κ1) is 36.7. The summed E-state index contributed by atoms with van der Waals surface area (Å²) < 4.78 is 44.1. The van der Waals surface area contributed by atoms with Gasteiger partial charge in [0.2, 0.25) is 0 Å². The smallest absolute Gasteiger partial charge is 0.119 e. The Morgan fingerprint density at radius 3 is 1.32 bits per heavy atom. The van der Waals surface area contributed by atoms with Gasteiger partial charge < -0.3 is 43.2 Å². The number of hydrogen-bond acceptors (Lipinski definition) is 9. The van der Waals surface area contributed by atoms with E-state index in [1.54, 1.807) is 0 Å². The lowest BCUT2D eigenvalue weighted by Gasteiger charge is -2.09. The molecule has 1 rings (SSSR count). The Kier molecular flexibility index (Phi) is 28.1. The van der Waals surface area contributed by atoms with Gasteiger partial charge in [-0.25, -0.2) is 0 Å². The second kappa shape index (κ2) is 30.7. The monoisotopic (exact) mass is 571 g/mol. The van der Waals surface area contributed by atoms with Crippen molar-refractivity contribution in [1.82, 2.24) is 5.32 Å². The van der Waals surface area contributed by atoms with Crippen LogP contribution in [0.4, 0.5) is 0 Å². The van der Waals surface area contributed by atoms with E-state index in [-0.39, 0.29) is 0 Å². The van der Waals surface area contributed by atoms with Gasteiger partial charge in [0.25, 0.3) is 0 Å². The minimum Gasteiger partial charge on any atom is -0.491 e. The van der Waals surface area contributed by atoms with Crippen LogP contribution in [0.2, 0.25) is 0 Å². The molecule has 0 spiro atoms. The number of ether oxygens (including phenoxy) is 8. The van der Waals surface area contributed by atoms with Crippen molar-refractivity contribution in [3.8, 4) is 5.75 Å². The second-order valence-electron chi connectivity index (χ2n) is 9.40. The molecule has 1 N–H and O–H groups in total. The minimum absolute atomic E-state index is 0.533. The summed E-state index contributed by atoms with van der Waals surface area (Å²) in [5, 5.41) is 3.02. The van der Waals surface area contributed by atoms with E-state index in [0.717, 1.165) is 18.7 Å². The van der Waals surface area contributed by atoms with E-state index >= 15 is 0 Å². The van der Waals surface area contributed by atoms with Gasteiger partial charge >= 0.3 is 0 Å². The molecule has 0 bridgehead atoms. The van der Waals surface area contributed by atoms with Crippen molar-refractivity contribution in [3.05, 3.63) is 29.8 Å². The van der Waals surface area contributed by atoms with E-state index in [9.17, 15) is 0 Å². The van der Waals surface area contributed by atoms with Crippen LogP contribution in [0.3, 0.4) is 0 Å². The molecule has 0 amide bonds. The Morgan fingerprint density at radius 2 is 0.875 bits per heavy atom. The maximum absolute atomic E-state index is 5.76. The number of rotatable bonds is 32. The summed E-state index contributed by atoms with van der Waals surface area (Å²) in [4.78, 5) is 0. The Balaban J connectivity index is 1.74. The predicted molar refractivity (Wildman–Crippen MR) is 159 cm³/mol. The summed E-state index contributed by atoms with van der Waals surface area (Å²) in [7, 11) is 1.90. The van der Waals surface area contributed by atoms with Gasteiger partial charge in [-0.15, -0.1) is 0 Å². The molecule has 234 valence electrons. The van der Waals surface area contributed by atoms with Crippen LogP contribution in [0.15, 0.2) is 24.3 Å². The number of likely N-dealkylation sites (N-methyl/N-ethyl adjacent to an activating group) is 1. The minimum atomic E-state index is 0.533. The number of aryl methyl sites for hydroxylation is 1. The third kappa shape index (κ3) is 25.7. The van der Waals surface area contributed by atoms with Crippen molar-refractivity contribution in [2.45, 2.75) is 51.9 Å². The zero-order valence-corrected chi connectivity index (χ0v) is 25.3. The molecule has 0 atom stereocenters. The van der Waals surface area contributed by atoms with Gasteiger partial charge in [0.05, 0.1) is 92.5 Å². The molecular formula is C31H57NO8. The molecule has 1 aromatic carbocycles. The van der Waals surface area contributed by atoms with Gasteiger partial charge in [-0.2, -0.15) is 0 Å². The highest BCUT2D eigenvalue weighted by Gasteiger charge is 1.98. The Hall–Kier alpha value is -1.30. The van der Waals surface area contributed by atoms with Crippen LogP contribution < -0.4 is 10.1 Å². The SMILES string of the molecule is CCCCCCCCc1ccc(OCCOCCOCCOCCOCCOCCOCCOCCNC)cc1. The highest BCUT2D eigenvalue weighted by atomic mass is 16.6. The standard InChI is InChI=1S/C31H57NO8/c1-3-4-5-6-7-8-9-30-10-12-31(13-11-30)40-29-28-39-27-26-38-25-24-37-23-22-36-21-20-35-19-18-34-17-16-33-15-14-32-2/h10-13,32H,3-9,14-29H2,1-2H3. The Labute approximate surface area is 243 Å². The lowest BCUT2D eigenvalue weighted by atomic mass is 10.0. The van der Waals surface area contributed by atoms with Gasteiger partial charge in [-0.05, 0) is 37.6 Å². The van der Waals surface area contributed by atoms with Crippen LogP contribution in [0.1, 0.15) is 51.0 Å². The largest absolute Gasteiger partial charge is 0.491 e. The van der Waals surface area contributed by atoms with Gasteiger partial charge in [0, 0.05) is 6.54 Å². The van der Waals surface area contributed by atoms with E-state index in [1.165, 1.54) is 44.1 Å². The summed E-state index contributed by atoms with van der Waals surface area (Å²) >= 11 is 0. The molecule has 0 heterocycles. The van der Waals surface area contributed by atoms with E-state index in [2.05, 4.69) is 36.5 Å². The molecule has 0 unspecified atom stereocenters.